The van der Waals surface area contributed by atoms with Crippen molar-refractivity contribution in [1.82, 2.24) is 0 Å². The Labute approximate surface area is 101 Å². The molecule has 2 rings (SSSR count). The minimum absolute atomic E-state index is 0.145. The average molecular weight is 233 g/mol. The van der Waals surface area contributed by atoms with Crippen LogP contribution in [0.25, 0.3) is 0 Å². The molecule has 0 radical (unpaired) electrons. The van der Waals surface area contributed by atoms with Crippen molar-refractivity contribution in [3.05, 3.63) is 48.4 Å². The summed E-state index contributed by atoms with van der Waals surface area (Å²) in [5.41, 5.74) is 2.31. The Kier molecular flexibility index (Phi) is 2.97. The first-order valence-electron chi connectivity index (χ1n) is 5.38. The summed E-state index contributed by atoms with van der Waals surface area (Å²) < 4.78 is 2.24. The fourth-order valence-electron chi connectivity index (χ4n) is 1.38. The van der Waals surface area contributed by atoms with Crippen LogP contribution in [0.4, 0.5) is 5.00 Å². The molecule has 1 aliphatic rings. The zero-order chi connectivity index (χ0) is 11.6. The second kappa shape index (κ2) is 4.26. The van der Waals surface area contributed by atoms with Crippen LogP contribution in [-0.4, -0.2) is 0 Å². The first kappa shape index (κ1) is 11.1. The van der Waals surface area contributed by atoms with E-state index in [-0.39, 0.29) is 5.54 Å². The molecule has 0 spiro atoms. The van der Waals surface area contributed by atoms with Gasteiger partial charge in [0.2, 0.25) is 11.7 Å². The highest BCUT2D eigenvalue weighted by molar-refractivity contribution is 7.13. The van der Waals surface area contributed by atoms with Gasteiger partial charge in [-0.2, -0.15) is 4.57 Å². The van der Waals surface area contributed by atoms with Gasteiger partial charge in [0.25, 0.3) is 0 Å². The summed E-state index contributed by atoms with van der Waals surface area (Å²) in [6.07, 6.45) is 14.5. The summed E-state index contributed by atoms with van der Waals surface area (Å²) >= 11 is 1.75. The molecule has 0 fully saturated rings. The van der Waals surface area contributed by atoms with Gasteiger partial charge in [-0.15, -0.1) is 0 Å². The number of rotatable bonds is 1. The molecule has 0 unspecified atom stereocenters. The van der Waals surface area contributed by atoms with Crippen LogP contribution >= 0.6 is 11.3 Å². The van der Waals surface area contributed by atoms with Crippen molar-refractivity contribution in [3.8, 4) is 0 Å². The summed E-state index contributed by atoms with van der Waals surface area (Å²) in [4.78, 5) is 2.13. The number of thiazole rings is 1. The van der Waals surface area contributed by atoms with Gasteiger partial charge in [0.05, 0.1) is 0 Å². The fourth-order valence-corrected chi connectivity index (χ4v) is 2.40. The van der Waals surface area contributed by atoms with Gasteiger partial charge < -0.3 is 4.90 Å². The Morgan fingerprint density at radius 1 is 1.06 bits per heavy atom. The standard InChI is InChI=1S/C13H17N2S/c1-13(2,3)15-10-12(16-11-15)14-8-6-4-5-7-9-14/h4-11H,1-3H3/q+1. The van der Waals surface area contributed by atoms with Crippen LogP contribution in [0.3, 0.4) is 0 Å². The van der Waals surface area contributed by atoms with Crippen LogP contribution in [0, 0.1) is 0 Å². The van der Waals surface area contributed by atoms with Gasteiger partial charge in [0.1, 0.15) is 0 Å². The third-order valence-electron chi connectivity index (χ3n) is 2.39. The maximum atomic E-state index is 2.24. The van der Waals surface area contributed by atoms with Gasteiger partial charge >= 0.3 is 0 Å². The highest BCUT2D eigenvalue weighted by Gasteiger charge is 2.23. The molecule has 1 aromatic rings. The first-order valence-corrected chi connectivity index (χ1v) is 6.25. The minimum atomic E-state index is 0.145. The zero-order valence-corrected chi connectivity index (χ0v) is 10.7. The number of hydrogen-bond acceptors (Lipinski definition) is 2. The maximum Gasteiger partial charge on any atom is 0.227 e. The SMILES string of the molecule is CC(C)(C)[n+]1csc(N2C=CC=CC=C2)c1. The number of nitrogens with zero attached hydrogens (tertiary/aromatic N) is 2. The minimum Gasteiger partial charge on any atom is -0.310 e. The molecule has 0 bridgehead atoms. The Morgan fingerprint density at radius 2 is 1.69 bits per heavy atom. The van der Waals surface area contributed by atoms with Gasteiger partial charge in [-0.25, -0.2) is 0 Å². The van der Waals surface area contributed by atoms with Crippen LogP contribution in [-0.2, 0) is 5.54 Å². The Balaban J connectivity index is 2.25. The lowest BCUT2D eigenvalue weighted by Gasteiger charge is -2.11. The Morgan fingerprint density at radius 3 is 2.19 bits per heavy atom. The lowest BCUT2D eigenvalue weighted by atomic mass is 10.1. The molecular weight excluding hydrogens is 216 g/mol. The topological polar surface area (TPSA) is 7.12 Å². The van der Waals surface area contributed by atoms with Gasteiger partial charge in [0, 0.05) is 33.2 Å². The molecule has 0 atom stereocenters. The van der Waals surface area contributed by atoms with E-state index in [4.69, 9.17) is 0 Å². The molecule has 0 saturated heterocycles. The quantitative estimate of drug-likeness (QED) is 0.676. The summed E-state index contributed by atoms with van der Waals surface area (Å²) in [5, 5.41) is 1.23. The molecule has 0 aromatic carbocycles. The van der Waals surface area contributed by atoms with E-state index in [0.29, 0.717) is 0 Å². The Bertz CT molecular complexity index is 431. The van der Waals surface area contributed by atoms with Crippen molar-refractivity contribution in [3.63, 3.8) is 0 Å². The third-order valence-corrected chi connectivity index (χ3v) is 3.28. The molecule has 0 N–H and O–H groups in total. The number of anilines is 1. The van der Waals surface area contributed by atoms with Crippen LogP contribution in [0.2, 0.25) is 0 Å². The van der Waals surface area contributed by atoms with E-state index in [1.165, 1.54) is 5.00 Å². The van der Waals surface area contributed by atoms with Crippen molar-refractivity contribution in [2.45, 2.75) is 26.3 Å². The van der Waals surface area contributed by atoms with E-state index in [0.717, 1.165) is 0 Å². The van der Waals surface area contributed by atoms with E-state index < -0.39 is 0 Å². The fraction of sp³-hybridized carbons (Fsp3) is 0.308. The van der Waals surface area contributed by atoms with Gasteiger partial charge in [0.15, 0.2) is 10.5 Å². The smallest absolute Gasteiger partial charge is 0.227 e. The number of hydrogen-bond donors (Lipinski definition) is 0. The van der Waals surface area contributed by atoms with Crippen molar-refractivity contribution in [2.24, 2.45) is 0 Å². The molecule has 1 aliphatic heterocycles. The maximum absolute atomic E-state index is 2.24. The van der Waals surface area contributed by atoms with Crippen molar-refractivity contribution in [1.29, 1.82) is 0 Å². The second-order valence-electron chi connectivity index (χ2n) is 4.74. The third kappa shape index (κ3) is 2.42. The van der Waals surface area contributed by atoms with Crippen LogP contribution in [0.5, 0.6) is 0 Å². The zero-order valence-electron chi connectivity index (χ0n) is 9.92. The lowest BCUT2D eigenvalue weighted by Crippen LogP contribution is -2.48. The van der Waals surface area contributed by atoms with E-state index in [1.54, 1.807) is 11.3 Å². The summed E-state index contributed by atoms with van der Waals surface area (Å²) in [5.74, 6) is 0. The number of allylic oxidation sites excluding steroid dienone is 4. The monoisotopic (exact) mass is 233 g/mol. The van der Waals surface area contributed by atoms with Crippen molar-refractivity contribution >= 4 is 16.3 Å². The van der Waals surface area contributed by atoms with Crippen LogP contribution < -0.4 is 9.47 Å². The van der Waals surface area contributed by atoms with Crippen molar-refractivity contribution < 1.29 is 4.57 Å². The van der Waals surface area contributed by atoms with E-state index in [2.05, 4.69) is 54.3 Å². The summed E-state index contributed by atoms with van der Waals surface area (Å²) in [6.45, 7) is 6.62. The van der Waals surface area contributed by atoms with E-state index in [1.807, 2.05) is 24.3 Å². The van der Waals surface area contributed by atoms with E-state index in [9.17, 15) is 0 Å². The molecule has 1 aromatic heterocycles. The lowest BCUT2D eigenvalue weighted by molar-refractivity contribution is -0.749. The molecule has 2 nitrogen and oxygen atoms in total. The summed E-state index contributed by atoms with van der Waals surface area (Å²) in [6, 6.07) is 0. The largest absolute Gasteiger partial charge is 0.310 e. The normalized spacial score (nSPS) is 15.6. The average Bonchev–Trinajstić information content (AvgIpc) is 2.55. The highest BCUT2D eigenvalue weighted by Crippen LogP contribution is 2.22. The Hall–Kier alpha value is -1.35. The molecule has 3 heteroatoms. The van der Waals surface area contributed by atoms with E-state index >= 15 is 0 Å². The van der Waals surface area contributed by atoms with Crippen LogP contribution in [0.15, 0.2) is 48.4 Å². The second-order valence-corrected chi connectivity index (χ2v) is 5.61. The van der Waals surface area contributed by atoms with Crippen molar-refractivity contribution in [2.75, 3.05) is 4.90 Å². The molecule has 16 heavy (non-hydrogen) atoms. The predicted molar refractivity (Wildman–Crippen MR) is 69.4 cm³/mol. The molecular formula is C13H17N2S+. The van der Waals surface area contributed by atoms with Gasteiger partial charge in [-0.3, -0.25) is 0 Å². The molecule has 0 saturated carbocycles. The van der Waals surface area contributed by atoms with Crippen LogP contribution in [0.1, 0.15) is 20.8 Å². The molecule has 0 aliphatic carbocycles. The number of aromatic nitrogens is 1. The highest BCUT2D eigenvalue weighted by atomic mass is 32.1. The molecule has 0 amide bonds. The van der Waals surface area contributed by atoms with Gasteiger partial charge in [-0.1, -0.05) is 23.5 Å². The summed E-state index contributed by atoms with van der Waals surface area (Å²) in [7, 11) is 0. The predicted octanol–water partition coefficient (Wildman–Crippen LogP) is 3.19. The molecule has 84 valence electrons. The van der Waals surface area contributed by atoms with Gasteiger partial charge in [-0.05, 0) is 12.2 Å². The molecule has 2 heterocycles. The first-order chi connectivity index (χ1) is 7.57.